The van der Waals surface area contributed by atoms with Gasteiger partial charge in [0.15, 0.2) is 0 Å². The first kappa shape index (κ1) is 11.6. The Morgan fingerprint density at radius 3 is 3.06 bits per heavy atom. The van der Waals surface area contributed by atoms with Crippen LogP contribution in [0.5, 0.6) is 0 Å². The summed E-state index contributed by atoms with van der Waals surface area (Å²) in [5, 5.41) is 12.0. The van der Waals surface area contributed by atoms with Gasteiger partial charge < -0.3 is 10.1 Å². The van der Waals surface area contributed by atoms with Crippen molar-refractivity contribution in [1.29, 1.82) is 5.26 Å². The highest BCUT2D eigenvalue weighted by molar-refractivity contribution is 7.12. The third-order valence-corrected chi connectivity index (χ3v) is 3.53. The molecule has 0 saturated heterocycles. The largest absolute Gasteiger partial charge is 0.380 e. The number of rotatable bonds is 7. The maximum absolute atomic E-state index is 8.67. The molecule has 0 amide bonds. The molecule has 1 N–H and O–H groups in total. The van der Waals surface area contributed by atoms with Gasteiger partial charge in [0.05, 0.1) is 6.61 Å². The molecule has 0 aromatic carbocycles. The van der Waals surface area contributed by atoms with E-state index in [1.165, 1.54) is 17.7 Å². The van der Waals surface area contributed by atoms with Gasteiger partial charge in [-0.3, -0.25) is 0 Å². The summed E-state index contributed by atoms with van der Waals surface area (Å²) in [6.07, 6.45) is 2.69. The Labute approximate surface area is 100 Å². The lowest BCUT2D eigenvalue weighted by atomic mass is 10.4. The third-order valence-electron chi connectivity index (χ3n) is 2.54. The van der Waals surface area contributed by atoms with Crippen LogP contribution in [0.2, 0.25) is 0 Å². The van der Waals surface area contributed by atoms with Gasteiger partial charge in [-0.1, -0.05) is 0 Å². The maximum Gasteiger partial charge on any atom is 0.110 e. The van der Waals surface area contributed by atoms with Crippen molar-refractivity contribution in [3.63, 3.8) is 0 Å². The minimum atomic E-state index is 0.779. The smallest absolute Gasteiger partial charge is 0.110 e. The van der Waals surface area contributed by atoms with E-state index in [2.05, 4.69) is 11.4 Å². The van der Waals surface area contributed by atoms with Crippen molar-refractivity contribution in [3.8, 4) is 6.07 Å². The molecule has 0 atom stereocenters. The lowest BCUT2D eigenvalue weighted by Crippen LogP contribution is -2.19. The van der Waals surface area contributed by atoms with Crippen molar-refractivity contribution in [1.82, 2.24) is 5.32 Å². The number of nitriles is 1. The molecule has 86 valence electrons. The van der Waals surface area contributed by atoms with Crippen LogP contribution in [0, 0.1) is 17.2 Å². The fraction of sp³-hybridized carbons (Fsp3) is 0.583. The average molecular weight is 236 g/mol. The Hall–Kier alpha value is -0.890. The normalized spacial score (nSPS) is 14.9. The van der Waals surface area contributed by atoms with Crippen LogP contribution in [0.25, 0.3) is 0 Å². The fourth-order valence-corrected chi connectivity index (χ4v) is 2.20. The van der Waals surface area contributed by atoms with Gasteiger partial charge in [0.1, 0.15) is 10.9 Å². The lowest BCUT2D eigenvalue weighted by molar-refractivity contribution is 0.126. The number of ether oxygens (including phenoxy) is 1. The van der Waals surface area contributed by atoms with E-state index in [-0.39, 0.29) is 0 Å². The van der Waals surface area contributed by atoms with E-state index < -0.39 is 0 Å². The molecule has 2 rings (SSSR count). The van der Waals surface area contributed by atoms with Gasteiger partial charge in [-0.25, -0.2) is 0 Å². The molecule has 1 saturated carbocycles. The van der Waals surface area contributed by atoms with Crippen LogP contribution in [0.15, 0.2) is 12.1 Å². The second kappa shape index (κ2) is 6.00. The Morgan fingerprint density at radius 1 is 1.50 bits per heavy atom. The molecule has 1 fully saturated rings. The van der Waals surface area contributed by atoms with Gasteiger partial charge in [-0.05, 0) is 30.9 Å². The molecule has 4 heteroatoms. The zero-order valence-electron chi connectivity index (χ0n) is 9.24. The molecule has 1 aliphatic carbocycles. The maximum atomic E-state index is 8.67. The van der Waals surface area contributed by atoms with Gasteiger partial charge in [0, 0.05) is 24.6 Å². The van der Waals surface area contributed by atoms with Crippen molar-refractivity contribution >= 4 is 11.3 Å². The number of nitrogens with zero attached hydrogens (tertiary/aromatic N) is 1. The summed E-state index contributed by atoms with van der Waals surface area (Å²) in [6.45, 7) is 3.43. The molecule has 0 aliphatic heterocycles. The van der Waals surface area contributed by atoms with Crippen LogP contribution >= 0.6 is 11.3 Å². The first-order valence-electron chi connectivity index (χ1n) is 5.66. The highest BCUT2D eigenvalue weighted by Gasteiger charge is 2.20. The topological polar surface area (TPSA) is 45.0 Å². The Kier molecular flexibility index (Phi) is 4.34. The summed E-state index contributed by atoms with van der Waals surface area (Å²) < 4.78 is 5.51. The van der Waals surface area contributed by atoms with Crippen LogP contribution < -0.4 is 5.32 Å². The van der Waals surface area contributed by atoms with E-state index >= 15 is 0 Å². The highest BCUT2D eigenvalue weighted by atomic mass is 32.1. The van der Waals surface area contributed by atoms with Gasteiger partial charge >= 0.3 is 0 Å². The number of nitrogens with one attached hydrogen (secondary N) is 1. The average Bonchev–Trinajstić information content (AvgIpc) is 3.01. The van der Waals surface area contributed by atoms with Crippen molar-refractivity contribution in [3.05, 3.63) is 21.9 Å². The van der Waals surface area contributed by atoms with E-state index in [9.17, 15) is 0 Å². The number of hydrogen-bond acceptors (Lipinski definition) is 4. The zero-order valence-corrected chi connectivity index (χ0v) is 10.1. The number of thiophene rings is 1. The monoisotopic (exact) mass is 236 g/mol. The minimum Gasteiger partial charge on any atom is -0.380 e. The lowest BCUT2D eigenvalue weighted by Gasteiger charge is -2.04. The fourth-order valence-electron chi connectivity index (χ4n) is 1.42. The standard InChI is InChI=1S/C12H16N2OS/c13-7-11-3-4-12(16-11)8-14-5-6-15-9-10-1-2-10/h3-4,10,14H,1-2,5-6,8-9H2. The third kappa shape index (κ3) is 3.93. The number of hydrogen-bond donors (Lipinski definition) is 1. The van der Waals surface area contributed by atoms with E-state index in [4.69, 9.17) is 10.00 Å². The molecule has 1 aliphatic rings. The van der Waals surface area contributed by atoms with Crippen LogP contribution in [0.4, 0.5) is 0 Å². The zero-order chi connectivity index (χ0) is 11.2. The Balaban J connectivity index is 1.51. The van der Waals surface area contributed by atoms with Crippen LogP contribution in [-0.2, 0) is 11.3 Å². The summed E-state index contributed by atoms with van der Waals surface area (Å²) in [5.74, 6) is 0.843. The Bertz CT molecular complexity index is 365. The quantitative estimate of drug-likeness (QED) is 0.738. The molecule has 16 heavy (non-hydrogen) atoms. The van der Waals surface area contributed by atoms with Gasteiger partial charge in [-0.15, -0.1) is 11.3 Å². The van der Waals surface area contributed by atoms with Gasteiger partial charge in [0.25, 0.3) is 0 Å². The van der Waals surface area contributed by atoms with E-state index in [0.29, 0.717) is 0 Å². The molecule has 1 heterocycles. The van der Waals surface area contributed by atoms with E-state index in [1.54, 1.807) is 11.3 Å². The predicted molar refractivity (Wildman–Crippen MR) is 64.3 cm³/mol. The summed E-state index contributed by atoms with van der Waals surface area (Å²) in [7, 11) is 0. The van der Waals surface area contributed by atoms with Crippen LogP contribution in [-0.4, -0.2) is 19.8 Å². The molecule has 1 aromatic heterocycles. The molecule has 1 aromatic rings. The van der Waals surface area contributed by atoms with E-state index in [1.807, 2.05) is 12.1 Å². The van der Waals surface area contributed by atoms with Crippen molar-refractivity contribution in [2.45, 2.75) is 19.4 Å². The van der Waals surface area contributed by atoms with Gasteiger partial charge in [0.2, 0.25) is 0 Å². The molecule has 0 radical (unpaired) electrons. The summed E-state index contributed by atoms with van der Waals surface area (Å²) >= 11 is 1.55. The van der Waals surface area contributed by atoms with E-state index in [0.717, 1.165) is 37.1 Å². The second-order valence-corrected chi connectivity index (χ2v) is 5.24. The molecule has 0 unspecified atom stereocenters. The molecule has 3 nitrogen and oxygen atoms in total. The first-order chi connectivity index (χ1) is 7.88. The van der Waals surface area contributed by atoms with Crippen molar-refractivity contribution in [2.24, 2.45) is 5.92 Å². The summed E-state index contributed by atoms with van der Waals surface area (Å²) in [4.78, 5) is 1.99. The van der Waals surface area contributed by atoms with Crippen molar-refractivity contribution < 1.29 is 4.74 Å². The van der Waals surface area contributed by atoms with Gasteiger partial charge in [-0.2, -0.15) is 5.26 Å². The SMILES string of the molecule is N#Cc1ccc(CNCCOCC2CC2)s1. The molecular formula is C12H16N2OS. The van der Waals surface area contributed by atoms with Crippen molar-refractivity contribution in [2.75, 3.05) is 19.8 Å². The highest BCUT2D eigenvalue weighted by Crippen LogP contribution is 2.28. The Morgan fingerprint density at radius 2 is 2.38 bits per heavy atom. The summed E-state index contributed by atoms with van der Waals surface area (Å²) in [6, 6.07) is 6.01. The predicted octanol–water partition coefficient (Wildman–Crippen LogP) is 2.14. The van der Waals surface area contributed by atoms with Crippen LogP contribution in [0.3, 0.4) is 0 Å². The second-order valence-electron chi connectivity index (χ2n) is 4.07. The summed E-state index contributed by atoms with van der Waals surface area (Å²) in [5.41, 5.74) is 0. The van der Waals surface area contributed by atoms with Crippen LogP contribution in [0.1, 0.15) is 22.6 Å². The minimum absolute atomic E-state index is 0.779. The molecule has 0 spiro atoms. The molecule has 0 bridgehead atoms. The molecular weight excluding hydrogens is 220 g/mol. The first-order valence-corrected chi connectivity index (χ1v) is 6.47.